The summed E-state index contributed by atoms with van der Waals surface area (Å²) in [5, 5.41) is 11.3. The van der Waals surface area contributed by atoms with Gasteiger partial charge in [0, 0.05) is 16.8 Å². The van der Waals surface area contributed by atoms with Gasteiger partial charge in [-0.15, -0.1) is 5.10 Å². The topological polar surface area (TPSA) is 68.0 Å². The number of nitrogens with one attached hydrogen (secondary N) is 1. The molecule has 4 rings (SSSR count). The normalized spacial score (nSPS) is 10.6. The minimum Gasteiger partial charge on any atom is -0.403 e. The van der Waals surface area contributed by atoms with Crippen molar-refractivity contribution in [1.29, 1.82) is 0 Å². The van der Waals surface area contributed by atoms with E-state index in [4.69, 9.17) is 4.42 Å². The van der Waals surface area contributed by atoms with Crippen molar-refractivity contribution in [1.82, 2.24) is 10.2 Å². The SMILES string of the molecule is Cc1c(-c2ccccc2)cccc1-c1nnc(Nc2ccc(C=O)cc2)o1. The third-order valence-electron chi connectivity index (χ3n) is 4.37. The number of carbonyl (C=O) groups excluding carboxylic acids is 1. The molecule has 5 heteroatoms. The van der Waals surface area contributed by atoms with E-state index in [1.807, 2.05) is 37.3 Å². The quantitative estimate of drug-likeness (QED) is 0.494. The Morgan fingerprint density at radius 2 is 1.59 bits per heavy atom. The Morgan fingerprint density at radius 3 is 2.33 bits per heavy atom. The monoisotopic (exact) mass is 355 g/mol. The molecule has 0 saturated carbocycles. The molecule has 0 spiro atoms. The minimum absolute atomic E-state index is 0.299. The highest BCUT2D eigenvalue weighted by Crippen LogP contribution is 2.31. The predicted molar refractivity (Wildman–Crippen MR) is 105 cm³/mol. The van der Waals surface area contributed by atoms with Crippen LogP contribution in [0.25, 0.3) is 22.6 Å². The van der Waals surface area contributed by atoms with Crippen LogP contribution in [-0.2, 0) is 0 Å². The van der Waals surface area contributed by atoms with Crippen LogP contribution >= 0.6 is 0 Å². The molecule has 0 aliphatic heterocycles. The molecule has 0 bridgehead atoms. The van der Waals surface area contributed by atoms with Crippen molar-refractivity contribution >= 4 is 18.0 Å². The molecule has 0 saturated heterocycles. The standard InChI is InChI=1S/C22H17N3O2/c1-15-19(17-6-3-2-4-7-17)8-5-9-20(15)21-24-25-22(27-21)23-18-12-10-16(14-26)11-13-18/h2-14H,1H3,(H,23,25). The van der Waals surface area contributed by atoms with Crippen LogP contribution < -0.4 is 5.32 Å². The maximum Gasteiger partial charge on any atom is 0.320 e. The van der Waals surface area contributed by atoms with Crippen LogP contribution in [0.3, 0.4) is 0 Å². The van der Waals surface area contributed by atoms with E-state index in [1.165, 1.54) is 0 Å². The zero-order chi connectivity index (χ0) is 18.6. The Morgan fingerprint density at radius 1 is 0.852 bits per heavy atom. The maximum absolute atomic E-state index is 10.7. The number of benzene rings is 3. The summed E-state index contributed by atoms with van der Waals surface area (Å²) in [6.07, 6.45) is 0.803. The lowest BCUT2D eigenvalue weighted by atomic mass is 9.96. The lowest BCUT2D eigenvalue weighted by molar-refractivity contribution is 0.112. The third-order valence-corrected chi connectivity index (χ3v) is 4.37. The highest BCUT2D eigenvalue weighted by atomic mass is 16.4. The number of carbonyl (C=O) groups is 1. The Hall–Kier alpha value is -3.73. The second-order valence-corrected chi connectivity index (χ2v) is 6.12. The van der Waals surface area contributed by atoms with Gasteiger partial charge in [0.25, 0.3) is 0 Å². The summed E-state index contributed by atoms with van der Waals surface area (Å²) in [6.45, 7) is 2.05. The molecule has 0 atom stereocenters. The van der Waals surface area contributed by atoms with Crippen LogP contribution in [0.15, 0.2) is 77.2 Å². The van der Waals surface area contributed by atoms with Crippen molar-refractivity contribution in [3.8, 4) is 22.6 Å². The van der Waals surface area contributed by atoms with Gasteiger partial charge in [-0.05, 0) is 53.9 Å². The van der Waals surface area contributed by atoms with Crippen molar-refractivity contribution in [3.05, 3.63) is 83.9 Å². The molecule has 27 heavy (non-hydrogen) atoms. The number of aldehydes is 1. The lowest BCUT2D eigenvalue weighted by Gasteiger charge is -2.09. The van der Waals surface area contributed by atoms with Gasteiger partial charge in [0.05, 0.1) is 0 Å². The Bertz CT molecular complexity index is 1070. The van der Waals surface area contributed by atoms with Crippen LogP contribution in [0.1, 0.15) is 15.9 Å². The second kappa shape index (κ2) is 7.25. The fourth-order valence-electron chi connectivity index (χ4n) is 2.95. The van der Waals surface area contributed by atoms with Crippen molar-refractivity contribution in [2.24, 2.45) is 0 Å². The number of hydrogen-bond acceptors (Lipinski definition) is 5. The van der Waals surface area contributed by atoms with E-state index in [2.05, 4.69) is 33.7 Å². The maximum atomic E-state index is 10.7. The highest BCUT2D eigenvalue weighted by molar-refractivity contribution is 5.76. The molecular formula is C22H17N3O2. The summed E-state index contributed by atoms with van der Waals surface area (Å²) < 4.78 is 5.80. The van der Waals surface area contributed by atoms with E-state index in [0.717, 1.165) is 34.2 Å². The van der Waals surface area contributed by atoms with Gasteiger partial charge in [-0.25, -0.2) is 0 Å². The smallest absolute Gasteiger partial charge is 0.320 e. The predicted octanol–water partition coefficient (Wildman–Crippen LogP) is 5.27. The zero-order valence-electron chi connectivity index (χ0n) is 14.7. The molecule has 1 N–H and O–H groups in total. The van der Waals surface area contributed by atoms with E-state index in [9.17, 15) is 4.79 Å². The van der Waals surface area contributed by atoms with E-state index >= 15 is 0 Å². The average Bonchev–Trinajstić information content (AvgIpc) is 3.17. The average molecular weight is 355 g/mol. The number of rotatable bonds is 5. The van der Waals surface area contributed by atoms with Gasteiger partial charge < -0.3 is 9.73 Å². The van der Waals surface area contributed by atoms with Gasteiger partial charge in [-0.1, -0.05) is 47.6 Å². The number of aromatic nitrogens is 2. The minimum atomic E-state index is 0.299. The van der Waals surface area contributed by atoms with Gasteiger partial charge in [-0.3, -0.25) is 4.79 Å². The van der Waals surface area contributed by atoms with Crippen LogP contribution in [-0.4, -0.2) is 16.5 Å². The van der Waals surface area contributed by atoms with Crippen LogP contribution in [0.5, 0.6) is 0 Å². The van der Waals surface area contributed by atoms with Gasteiger partial charge in [-0.2, -0.15) is 0 Å². The van der Waals surface area contributed by atoms with E-state index in [-0.39, 0.29) is 0 Å². The molecule has 0 amide bonds. The first-order valence-corrected chi connectivity index (χ1v) is 8.56. The lowest BCUT2D eigenvalue weighted by Crippen LogP contribution is -1.90. The molecule has 1 heterocycles. The molecule has 5 nitrogen and oxygen atoms in total. The van der Waals surface area contributed by atoms with Crippen LogP contribution in [0, 0.1) is 6.92 Å². The van der Waals surface area contributed by atoms with E-state index in [0.29, 0.717) is 17.5 Å². The molecule has 3 aromatic carbocycles. The summed E-state index contributed by atoms with van der Waals surface area (Å²) in [6, 6.07) is 23.6. The van der Waals surface area contributed by atoms with Gasteiger partial charge in [0.15, 0.2) is 0 Å². The molecule has 0 aliphatic rings. The third kappa shape index (κ3) is 3.48. The number of hydrogen-bond donors (Lipinski definition) is 1. The van der Waals surface area contributed by atoms with Gasteiger partial charge >= 0.3 is 6.01 Å². The largest absolute Gasteiger partial charge is 0.403 e. The molecule has 0 aliphatic carbocycles. The second-order valence-electron chi connectivity index (χ2n) is 6.12. The molecule has 4 aromatic rings. The first kappa shape index (κ1) is 16.7. The molecule has 132 valence electrons. The van der Waals surface area contributed by atoms with Crippen molar-refractivity contribution in [3.63, 3.8) is 0 Å². The first-order valence-electron chi connectivity index (χ1n) is 8.56. The van der Waals surface area contributed by atoms with E-state index in [1.54, 1.807) is 24.3 Å². The molecule has 0 unspecified atom stereocenters. The highest BCUT2D eigenvalue weighted by Gasteiger charge is 2.14. The zero-order valence-corrected chi connectivity index (χ0v) is 14.7. The van der Waals surface area contributed by atoms with Crippen molar-refractivity contribution < 1.29 is 9.21 Å². The summed E-state index contributed by atoms with van der Waals surface area (Å²) >= 11 is 0. The summed E-state index contributed by atoms with van der Waals surface area (Å²) in [7, 11) is 0. The first-order chi connectivity index (χ1) is 13.2. The fourth-order valence-corrected chi connectivity index (χ4v) is 2.95. The fraction of sp³-hybridized carbons (Fsp3) is 0.0455. The molecule has 0 fully saturated rings. The van der Waals surface area contributed by atoms with Crippen LogP contribution in [0.2, 0.25) is 0 Å². The summed E-state index contributed by atoms with van der Waals surface area (Å²) in [5.74, 6) is 0.456. The van der Waals surface area contributed by atoms with E-state index < -0.39 is 0 Å². The summed E-state index contributed by atoms with van der Waals surface area (Å²) in [4.78, 5) is 10.7. The Balaban J connectivity index is 1.62. The molecule has 1 aromatic heterocycles. The van der Waals surface area contributed by atoms with Gasteiger partial charge in [0.2, 0.25) is 5.89 Å². The number of nitrogens with zero attached hydrogens (tertiary/aromatic N) is 2. The molecule has 0 radical (unpaired) electrons. The van der Waals surface area contributed by atoms with Crippen LogP contribution in [0.4, 0.5) is 11.7 Å². The summed E-state index contributed by atoms with van der Waals surface area (Å²) in [5.41, 5.74) is 5.63. The van der Waals surface area contributed by atoms with Crippen molar-refractivity contribution in [2.75, 3.05) is 5.32 Å². The Labute approximate surface area is 156 Å². The Kier molecular flexibility index (Phi) is 4.49. The van der Waals surface area contributed by atoms with Crippen molar-refractivity contribution in [2.45, 2.75) is 6.92 Å². The molecular weight excluding hydrogens is 338 g/mol. The van der Waals surface area contributed by atoms with Gasteiger partial charge in [0.1, 0.15) is 6.29 Å². The number of anilines is 2.